The van der Waals surface area contributed by atoms with E-state index in [-0.39, 0.29) is 12.6 Å². The highest BCUT2D eigenvalue weighted by molar-refractivity contribution is 5.90. The lowest BCUT2D eigenvalue weighted by Crippen LogP contribution is -2.34. The summed E-state index contributed by atoms with van der Waals surface area (Å²) in [4.78, 5) is 6.53. The van der Waals surface area contributed by atoms with Gasteiger partial charge in [0.2, 0.25) is 0 Å². The Balaban J connectivity index is 2.04. The van der Waals surface area contributed by atoms with E-state index in [9.17, 15) is 4.39 Å². The molecule has 0 atom stereocenters. The summed E-state index contributed by atoms with van der Waals surface area (Å²) in [6.45, 7) is 4.01. The van der Waals surface area contributed by atoms with Crippen molar-refractivity contribution in [2.45, 2.75) is 25.7 Å². The highest BCUT2D eigenvalue weighted by Crippen LogP contribution is 2.29. The lowest BCUT2D eigenvalue weighted by molar-refractivity contribution is 0.197. The molecule has 4 N–H and O–H groups in total. The van der Waals surface area contributed by atoms with Crippen molar-refractivity contribution < 1.29 is 4.39 Å². The van der Waals surface area contributed by atoms with Gasteiger partial charge in [-0.25, -0.2) is 4.39 Å². The van der Waals surface area contributed by atoms with E-state index in [1.54, 1.807) is 0 Å². The van der Waals surface area contributed by atoms with E-state index in [2.05, 4.69) is 15.2 Å². The Morgan fingerprint density at radius 3 is 2.85 bits per heavy atom. The lowest BCUT2D eigenvalue weighted by Gasteiger charge is -2.31. The van der Waals surface area contributed by atoms with Gasteiger partial charge in [-0.15, -0.1) is 0 Å². The maximum Gasteiger partial charge on any atom is 0.190 e. The van der Waals surface area contributed by atoms with Gasteiger partial charge < -0.3 is 16.0 Å². The van der Waals surface area contributed by atoms with Gasteiger partial charge in [0, 0.05) is 12.7 Å². The first-order chi connectivity index (χ1) is 9.60. The highest BCUT2D eigenvalue weighted by atomic mass is 19.1. The molecule has 0 saturated carbocycles. The number of halogens is 1. The molecule has 1 aliphatic rings. The molecule has 1 aliphatic heterocycles. The van der Waals surface area contributed by atoms with Crippen molar-refractivity contribution in [2.24, 2.45) is 5.73 Å². The summed E-state index contributed by atoms with van der Waals surface area (Å²) in [5.74, 6) is 0.372. The molecule has 110 valence electrons. The number of likely N-dealkylation sites (tertiary alicyclic amines) is 1. The van der Waals surface area contributed by atoms with Crippen molar-refractivity contribution in [1.29, 1.82) is 5.41 Å². The smallest absolute Gasteiger partial charge is 0.190 e. The van der Waals surface area contributed by atoms with Crippen LogP contribution in [0.3, 0.4) is 0 Å². The molecule has 1 saturated heterocycles. The van der Waals surface area contributed by atoms with Gasteiger partial charge >= 0.3 is 0 Å². The van der Waals surface area contributed by atoms with Crippen molar-refractivity contribution in [1.82, 2.24) is 9.88 Å². The number of guanidine groups is 1. The molecule has 1 fully saturated rings. The zero-order valence-corrected chi connectivity index (χ0v) is 11.8. The average Bonchev–Trinajstić information content (AvgIpc) is 2.42. The van der Waals surface area contributed by atoms with Gasteiger partial charge in [-0.1, -0.05) is 0 Å². The highest BCUT2D eigenvalue weighted by Gasteiger charge is 2.21. The molecule has 2 heterocycles. The van der Waals surface area contributed by atoms with Crippen LogP contribution in [0, 0.1) is 12.3 Å². The number of hydrogen-bond donors (Lipinski definition) is 3. The van der Waals surface area contributed by atoms with Gasteiger partial charge in [0.05, 0.1) is 11.4 Å². The largest absolute Gasteiger partial charge is 0.370 e. The van der Waals surface area contributed by atoms with Crippen LogP contribution < -0.4 is 11.1 Å². The number of aryl methyl sites for hydroxylation is 1. The van der Waals surface area contributed by atoms with Crippen LogP contribution in [0.4, 0.5) is 10.1 Å². The van der Waals surface area contributed by atoms with E-state index >= 15 is 0 Å². The Bertz CT molecular complexity index is 469. The molecule has 0 bridgehead atoms. The molecule has 0 unspecified atom stereocenters. The van der Waals surface area contributed by atoms with Crippen molar-refractivity contribution in [2.75, 3.05) is 31.6 Å². The number of nitrogens with one attached hydrogen (secondary N) is 2. The van der Waals surface area contributed by atoms with Gasteiger partial charge in [-0.05, 0) is 50.4 Å². The number of alkyl halides is 1. The summed E-state index contributed by atoms with van der Waals surface area (Å²) in [5, 5.41) is 10.1. The summed E-state index contributed by atoms with van der Waals surface area (Å²) in [6, 6.07) is 2.03. The summed E-state index contributed by atoms with van der Waals surface area (Å²) >= 11 is 0. The van der Waals surface area contributed by atoms with E-state index in [1.807, 2.05) is 19.2 Å². The predicted octanol–water partition coefficient (Wildman–Crippen LogP) is 1.84. The monoisotopic (exact) mass is 279 g/mol. The molecule has 0 aliphatic carbocycles. The Morgan fingerprint density at radius 2 is 2.25 bits per heavy atom. The van der Waals surface area contributed by atoms with E-state index in [4.69, 9.17) is 11.1 Å². The second-order valence-corrected chi connectivity index (χ2v) is 5.25. The molecular weight excluding hydrogens is 257 g/mol. The van der Waals surface area contributed by atoms with E-state index in [0.717, 1.165) is 37.3 Å². The number of nitrogens with two attached hydrogens (primary N) is 1. The zero-order chi connectivity index (χ0) is 14.5. The number of piperidine rings is 1. The van der Waals surface area contributed by atoms with Crippen LogP contribution in [0.2, 0.25) is 0 Å². The summed E-state index contributed by atoms with van der Waals surface area (Å²) in [7, 11) is 0. The number of pyridine rings is 1. The Morgan fingerprint density at radius 1 is 1.55 bits per heavy atom. The first-order valence-electron chi connectivity index (χ1n) is 6.96. The Hall–Kier alpha value is -1.69. The minimum atomic E-state index is -0.274. The van der Waals surface area contributed by atoms with Gasteiger partial charge in [-0.2, -0.15) is 0 Å². The van der Waals surface area contributed by atoms with Gasteiger partial charge in [0.15, 0.2) is 5.96 Å². The summed E-state index contributed by atoms with van der Waals surface area (Å²) < 4.78 is 12.3. The molecular formula is C14H22FN5. The van der Waals surface area contributed by atoms with Gasteiger partial charge in [0.1, 0.15) is 6.67 Å². The van der Waals surface area contributed by atoms with Crippen LogP contribution >= 0.6 is 0 Å². The maximum atomic E-state index is 12.3. The van der Waals surface area contributed by atoms with E-state index in [0.29, 0.717) is 12.5 Å². The van der Waals surface area contributed by atoms with Gasteiger partial charge in [-0.3, -0.25) is 10.4 Å². The van der Waals surface area contributed by atoms with Crippen LogP contribution in [0.15, 0.2) is 12.3 Å². The number of nitrogens with zero attached hydrogens (tertiary/aromatic N) is 2. The number of rotatable bonds is 4. The third kappa shape index (κ3) is 3.66. The second kappa shape index (κ2) is 6.65. The Kier molecular flexibility index (Phi) is 4.89. The van der Waals surface area contributed by atoms with Crippen LogP contribution in [0.25, 0.3) is 0 Å². The molecule has 0 aromatic carbocycles. The number of anilines is 1. The van der Waals surface area contributed by atoms with Crippen molar-refractivity contribution in [3.8, 4) is 0 Å². The molecule has 2 rings (SSSR count). The third-order valence-electron chi connectivity index (χ3n) is 3.84. The molecule has 6 heteroatoms. The molecule has 5 nitrogen and oxygen atoms in total. The minimum Gasteiger partial charge on any atom is -0.370 e. The fraction of sp³-hybridized carbons (Fsp3) is 0.571. The van der Waals surface area contributed by atoms with Crippen LogP contribution in [-0.4, -0.2) is 42.2 Å². The van der Waals surface area contributed by atoms with Crippen molar-refractivity contribution in [3.63, 3.8) is 0 Å². The average molecular weight is 279 g/mol. The minimum absolute atomic E-state index is 0.0789. The van der Waals surface area contributed by atoms with Crippen LogP contribution in [0.5, 0.6) is 0 Å². The first-order valence-corrected chi connectivity index (χ1v) is 6.96. The molecule has 20 heavy (non-hydrogen) atoms. The van der Waals surface area contributed by atoms with Crippen LogP contribution in [0.1, 0.15) is 30.0 Å². The number of aromatic nitrogens is 1. The quantitative estimate of drug-likeness (QED) is 0.580. The zero-order valence-electron chi connectivity index (χ0n) is 11.8. The summed E-state index contributed by atoms with van der Waals surface area (Å²) in [5.41, 5.74) is 8.17. The lowest BCUT2D eigenvalue weighted by atomic mass is 9.90. The number of hydrogen-bond acceptors (Lipinski definition) is 3. The van der Waals surface area contributed by atoms with Gasteiger partial charge in [0.25, 0.3) is 0 Å². The molecule has 0 radical (unpaired) electrons. The van der Waals surface area contributed by atoms with E-state index in [1.165, 1.54) is 5.56 Å². The Labute approximate surface area is 118 Å². The van der Waals surface area contributed by atoms with Crippen molar-refractivity contribution in [3.05, 3.63) is 23.5 Å². The first kappa shape index (κ1) is 14.7. The topological polar surface area (TPSA) is 78.0 Å². The maximum absolute atomic E-state index is 12.3. The molecule has 1 aromatic heterocycles. The van der Waals surface area contributed by atoms with Crippen molar-refractivity contribution >= 4 is 11.6 Å². The molecule has 0 amide bonds. The predicted molar refractivity (Wildman–Crippen MR) is 78.9 cm³/mol. The molecule has 0 spiro atoms. The standard InChI is InChI=1S/C14H22FN5/c1-10-13(19-14(16)17)8-12(9-18-10)11-2-5-20(6-3-11)7-4-15/h8-9,11H,2-7H2,1H3,(H4,16,17,19). The summed E-state index contributed by atoms with van der Waals surface area (Å²) in [6.07, 6.45) is 3.94. The SMILES string of the molecule is Cc1ncc(C2CCN(CCF)CC2)cc1NC(=N)N. The molecule has 1 aromatic rings. The van der Waals surface area contributed by atoms with E-state index < -0.39 is 0 Å². The fourth-order valence-electron chi connectivity index (χ4n) is 2.65. The normalized spacial score (nSPS) is 17.1. The second-order valence-electron chi connectivity index (χ2n) is 5.25. The van der Waals surface area contributed by atoms with Crippen LogP contribution in [-0.2, 0) is 0 Å². The fourth-order valence-corrected chi connectivity index (χ4v) is 2.65. The third-order valence-corrected chi connectivity index (χ3v) is 3.84.